The topological polar surface area (TPSA) is 41.6 Å². The Labute approximate surface area is 110 Å². The molecular weight excluding hydrogens is 284 g/mol. The molecule has 0 aromatic heterocycles. The molecule has 1 aromatic carbocycles. The molecule has 1 amide bonds. The lowest BCUT2D eigenvalue weighted by Crippen LogP contribution is -2.32. The van der Waals surface area contributed by atoms with Crippen LogP contribution in [0.15, 0.2) is 22.7 Å². The highest BCUT2D eigenvalue weighted by atomic mass is 79.9. The van der Waals surface area contributed by atoms with Crippen molar-refractivity contribution in [2.75, 3.05) is 34.3 Å². The van der Waals surface area contributed by atoms with Crippen LogP contribution in [-0.2, 0) is 0 Å². The molecule has 0 unspecified atom stereocenters. The van der Waals surface area contributed by atoms with Crippen LogP contribution in [0.4, 0.5) is 0 Å². The Morgan fingerprint density at radius 2 is 2.24 bits per heavy atom. The van der Waals surface area contributed by atoms with Crippen molar-refractivity contribution in [1.29, 1.82) is 0 Å². The molecule has 0 radical (unpaired) electrons. The van der Waals surface area contributed by atoms with E-state index in [9.17, 15) is 4.79 Å². The Kier molecular flexibility index (Phi) is 5.44. The van der Waals surface area contributed by atoms with Crippen molar-refractivity contribution in [2.24, 2.45) is 0 Å². The number of halogens is 1. The maximum absolute atomic E-state index is 12.1. The Morgan fingerprint density at radius 3 is 2.82 bits per heavy atom. The lowest BCUT2D eigenvalue weighted by molar-refractivity contribution is 0.0793. The normalized spacial score (nSPS) is 10.1. The van der Waals surface area contributed by atoms with Crippen molar-refractivity contribution >= 4 is 21.8 Å². The fourth-order valence-electron chi connectivity index (χ4n) is 1.43. The van der Waals surface area contributed by atoms with Crippen LogP contribution < -0.4 is 10.1 Å². The van der Waals surface area contributed by atoms with Gasteiger partial charge in [0.05, 0.1) is 12.7 Å². The summed E-state index contributed by atoms with van der Waals surface area (Å²) in [5.41, 5.74) is 0.578. The van der Waals surface area contributed by atoms with Crippen LogP contribution in [0, 0.1) is 0 Å². The number of hydrogen-bond acceptors (Lipinski definition) is 3. The third-order valence-electron chi connectivity index (χ3n) is 2.44. The van der Waals surface area contributed by atoms with Gasteiger partial charge in [-0.1, -0.05) is 15.9 Å². The monoisotopic (exact) mass is 300 g/mol. The van der Waals surface area contributed by atoms with E-state index in [-0.39, 0.29) is 5.91 Å². The summed E-state index contributed by atoms with van der Waals surface area (Å²) in [6.07, 6.45) is 0. The van der Waals surface area contributed by atoms with Gasteiger partial charge in [0.25, 0.3) is 5.91 Å². The SMILES string of the molecule is CNCCN(C)C(=O)c1ccc(Br)cc1OC. The quantitative estimate of drug-likeness (QED) is 0.901. The number of carbonyl (C=O) groups is 1. The first-order chi connectivity index (χ1) is 8.10. The molecule has 1 rings (SSSR count). The van der Waals surface area contributed by atoms with Gasteiger partial charge in [-0.25, -0.2) is 0 Å². The number of ether oxygens (including phenoxy) is 1. The zero-order valence-corrected chi connectivity index (χ0v) is 11.9. The molecule has 5 heteroatoms. The fraction of sp³-hybridized carbons (Fsp3) is 0.417. The Morgan fingerprint density at radius 1 is 1.53 bits per heavy atom. The van der Waals surface area contributed by atoms with E-state index in [1.54, 1.807) is 31.2 Å². The maximum atomic E-state index is 12.1. The van der Waals surface area contributed by atoms with Crippen LogP contribution in [-0.4, -0.2) is 45.1 Å². The van der Waals surface area contributed by atoms with Gasteiger partial charge >= 0.3 is 0 Å². The molecule has 0 fully saturated rings. The number of nitrogens with one attached hydrogen (secondary N) is 1. The van der Waals surface area contributed by atoms with E-state index in [1.165, 1.54) is 0 Å². The highest BCUT2D eigenvalue weighted by Gasteiger charge is 2.16. The summed E-state index contributed by atoms with van der Waals surface area (Å²) in [5.74, 6) is 0.547. The highest BCUT2D eigenvalue weighted by molar-refractivity contribution is 9.10. The lowest BCUT2D eigenvalue weighted by atomic mass is 10.2. The second-order valence-corrected chi connectivity index (χ2v) is 4.59. The van der Waals surface area contributed by atoms with Crippen molar-refractivity contribution in [3.05, 3.63) is 28.2 Å². The zero-order chi connectivity index (χ0) is 12.8. The highest BCUT2D eigenvalue weighted by Crippen LogP contribution is 2.24. The third-order valence-corrected chi connectivity index (χ3v) is 2.93. The van der Waals surface area contributed by atoms with Gasteiger partial charge in [-0.05, 0) is 25.2 Å². The zero-order valence-electron chi connectivity index (χ0n) is 10.3. The summed E-state index contributed by atoms with van der Waals surface area (Å²) in [5, 5.41) is 3.01. The Balaban J connectivity index is 2.87. The predicted molar refractivity (Wildman–Crippen MR) is 71.6 cm³/mol. The molecule has 94 valence electrons. The van der Waals surface area contributed by atoms with Gasteiger partial charge in [0.2, 0.25) is 0 Å². The van der Waals surface area contributed by atoms with Crippen molar-refractivity contribution in [1.82, 2.24) is 10.2 Å². The average molecular weight is 301 g/mol. The van der Waals surface area contributed by atoms with Gasteiger partial charge in [-0.15, -0.1) is 0 Å². The van der Waals surface area contributed by atoms with E-state index < -0.39 is 0 Å². The van der Waals surface area contributed by atoms with Crippen LogP contribution >= 0.6 is 15.9 Å². The number of rotatable bonds is 5. The molecule has 0 saturated heterocycles. The van der Waals surface area contributed by atoms with Gasteiger partial charge in [0.1, 0.15) is 5.75 Å². The minimum absolute atomic E-state index is 0.0374. The number of likely N-dealkylation sites (N-methyl/N-ethyl adjacent to an activating group) is 2. The van der Waals surface area contributed by atoms with Crippen molar-refractivity contribution in [3.8, 4) is 5.75 Å². The Hall–Kier alpha value is -1.07. The van der Waals surface area contributed by atoms with E-state index in [2.05, 4.69) is 21.2 Å². The maximum Gasteiger partial charge on any atom is 0.257 e. The van der Waals surface area contributed by atoms with Gasteiger partial charge in [-0.2, -0.15) is 0 Å². The first kappa shape index (κ1) is 14.0. The summed E-state index contributed by atoms with van der Waals surface area (Å²) in [7, 11) is 5.20. The fourth-order valence-corrected chi connectivity index (χ4v) is 1.77. The number of carbonyl (C=O) groups excluding carboxylic acids is 1. The van der Waals surface area contributed by atoms with E-state index in [0.717, 1.165) is 11.0 Å². The molecule has 0 atom stereocenters. The predicted octanol–water partition coefficient (Wildman–Crippen LogP) is 1.75. The average Bonchev–Trinajstić information content (AvgIpc) is 2.34. The molecule has 0 saturated carbocycles. The Bertz CT molecular complexity index is 396. The van der Waals surface area contributed by atoms with Crippen molar-refractivity contribution in [3.63, 3.8) is 0 Å². The summed E-state index contributed by atoms with van der Waals surface area (Å²) >= 11 is 3.35. The third kappa shape index (κ3) is 3.71. The molecule has 0 aliphatic heterocycles. The number of hydrogen-bond donors (Lipinski definition) is 1. The van der Waals surface area contributed by atoms with Gasteiger partial charge < -0.3 is 15.0 Å². The molecular formula is C12H17BrN2O2. The number of benzene rings is 1. The van der Waals surface area contributed by atoms with Crippen LogP contribution in [0.25, 0.3) is 0 Å². The molecule has 17 heavy (non-hydrogen) atoms. The van der Waals surface area contributed by atoms with E-state index in [1.807, 2.05) is 13.1 Å². The van der Waals surface area contributed by atoms with Crippen LogP contribution in [0.2, 0.25) is 0 Å². The first-order valence-corrected chi connectivity index (χ1v) is 6.13. The van der Waals surface area contributed by atoms with Gasteiger partial charge in [0, 0.05) is 24.6 Å². The van der Waals surface area contributed by atoms with Crippen LogP contribution in [0.3, 0.4) is 0 Å². The summed E-state index contributed by atoms with van der Waals surface area (Å²) in [6, 6.07) is 5.39. The van der Waals surface area contributed by atoms with Crippen LogP contribution in [0.5, 0.6) is 5.75 Å². The number of amides is 1. The molecule has 1 aromatic rings. The largest absolute Gasteiger partial charge is 0.496 e. The second kappa shape index (κ2) is 6.61. The molecule has 0 bridgehead atoms. The second-order valence-electron chi connectivity index (χ2n) is 3.67. The van der Waals surface area contributed by atoms with Gasteiger partial charge in [-0.3, -0.25) is 4.79 Å². The smallest absolute Gasteiger partial charge is 0.257 e. The molecule has 0 aliphatic rings. The lowest BCUT2D eigenvalue weighted by Gasteiger charge is -2.18. The van der Waals surface area contributed by atoms with Crippen molar-refractivity contribution in [2.45, 2.75) is 0 Å². The van der Waals surface area contributed by atoms with E-state index >= 15 is 0 Å². The van der Waals surface area contributed by atoms with E-state index in [4.69, 9.17) is 4.74 Å². The molecule has 0 heterocycles. The molecule has 0 spiro atoms. The summed E-state index contributed by atoms with van der Waals surface area (Å²) in [6.45, 7) is 1.43. The summed E-state index contributed by atoms with van der Waals surface area (Å²) < 4.78 is 6.10. The number of methoxy groups -OCH3 is 1. The summed E-state index contributed by atoms with van der Waals surface area (Å²) in [4.78, 5) is 13.8. The van der Waals surface area contributed by atoms with Crippen LogP contribution in [0.1, 0.15) is 10.4 Å². The minimum atomic E-state index is -0.0374. The first-order valence-electron chi connectivity index (χ1n) is 5.33. The molecule has 0 aliphatic carbocycles. The molecule has 1 N–H and O–H groups in total. The van der Waals surface area contributed by atoms with E-state index in [0.29, 0.717) is 17.9 Å². The standard InChI is InChI=1S/C12H17BrN2O2/c1-14-6-7-15(2)12(16)10-5-4-9(13)8-11(10)17-3/h4-5,8,14H,6-7H2,1-3H3. The number of nitrogens with zero attached hydrogens (tertiary/aromatic N) is 1. The van der Waals surface area contributed by atoms with Crippen molar-refractivity contribution < 1.29 is 9.53 Å². The molecule has 4 nitrogen and oxygen atoms in total. The minimum Gasteiger partial charge on any atom is -0.496 e. The van der Waals surface area contributed by atoms with Gasteiger partial charge in [0.15, 0.2) is 0 Å².